The lowest BCUT2D eigenvalue weighted by molar-refractivity contribution is -0.136. The van der Waals surface area contributed by atoms with Crippen LogP contribution in [-0.4, -0.2) is 17.3 Å². The van der Waals surface area contributed by atoms with E-state index < -0.39 is 18.5 Å². The maximum absolute atomic E-state index is 11.7. The van der Waals surface area contributed by atoms with Gasteiger partial charge >= 0.3 is 6.18 Å². The molecule has 0 aliphatic heterocycles. The van der Waals surface area contributed by atoms with Crippen molar-refractivity contribution < 1.29 is 23.2 Å². The van der Waals surface area contributed by atoms with Crippen molar-refractivity contribution in [1.29, 1.82) is 0 Å². The molecule has 3 nitrogen and oxygen atoms in total. The fourth-order valence-electron chi connectivity index (χ4n) is 1.02. The van der Waals surface area contributed by atoms with E-state index >= 15 is 0 Å². The van der Waals surface area contributed by atoms with Crippen LogP contribution in [0.15, 0.2) is 0 Å². The van der Waals surface area contributed by atoms with Crippen molar-refractivity contribution in [2.75, 3.05) is 0 Å². The Morgan fingerprint density at radius 3 is 2.21 bits per heavy atom. The molecular formula is C8H14F3NO2. The lowest BCUT2D eigenvalue weighted by atomic mass is 10.1. The maximum Gasteiger partial charge on any atom is 0.389 e. The number of carbonyl (C=O) groups is 1. The first-order valence-corrected chi connectivity index (χ1v) is 4.45. The minimum absolute atomic E-state index is 0.101. The van der Waals surface area contributed by atoms with E-state index in [0.717, 1.165) is 0 Å². The number of carbonyl (C=O) groups excluding carboxylic acids is 1. The number of alkyl halides is 3. The molecule has 0 spiro atoms. The Bertz CT molecular complexity index is 170. The van der Waals surface area contributed by atoms with Crippen LogP contribution in [0.25, 0.3) is 0 Å². The Labute approximate surface area is 80.3 Å². The summed E-state index contributed by atoms with van der Waals surface area (Å²) in [4.78, 5) is 10.5. The quantitative estimate of drug-likeness (QED) is 0.404. The van der Waals surface area contributed by atoms with Crippen LogP contribution < -0.4 is 5.48 Å². The highest BCUT2D eigenvalue weighted by Crippen LogP contribution is 2.22. The van der Waals surface area contributed by atoms with Crippen molar-refractivity contribution in [3.8, 4) is 0 Å². The van der Waals surface area contributed by atoms with Gasteiger partial charge in [0.2, 0.25) is 5.91 Å². The van der Waals surface area contributed by atoms with Gasteiger partial charge in [-0.1, -0.05) is 12.8 Å². The highest BCUT2D eigenvalue weighted by molar-refractivity contribution is 5.74. The molecule has 0 saturated carbocycles. The number of amides is 1. The molecule has 84 valence electrons. The summed E-state index contributed by atoms with van der Waals surface area (Å²) in [6.45, 7) is 0. The normalized spacial score (nSPS) is 11.4. The van der Waals surface area contributed by atoms with Crippen molar-refractivity contribution in [2.45, 2.75) is 44.7 Å². The Hall–Kier alpha value is -0.780. The molecule has 0 bridgehead atoms. The first-order valence-electron chi connectivity index (χ1n) is 4.45. The summed E-state index contributed by atoms with van der Waals surface area (Å²) in [5.74, 6) is -0.499. The zero-order valence-corrected chi connectivity index (χ0v) is 7.73. The molecule has 0 saturated heterocycles. The minimum Gasteiger partial charge on any atom is -0.289 e. The van der Waals surface area contributed by atoms with E-state index in [2.05, 4.69) is 0 Å². The molecule has 0 radical (unpaired) electrons. The van der Waals surface area contributed by atoms with Gasteiger partial charge in [-0.2, -0.15) is 13.2 Å². The van der Waals surface area contributed by atoms with Crippen molar-refractivity contribution in [3.05, 3.63) is 0 Å². The second-order valence-electron chi connectivity index (χ2n) is 3.06. The number of halogens is 3. The average Bonchev–Trinajstić information content (AvgIpc) is 2.08. The third-order valence-electron chi connectivity index (χ3n) is 1.74. The first kappa shape index (κ1) is 13.2. The van der Waals surface area contributed by atoms with Crippen LogP contribution in [0.2, 0.25) is 0 Å². The van der Waals surface area contributed by atoms with Gasteiger partial charge in [0.25, 0.3) is 0 Å². The van der Waals surface area contributed by atoms with E-state index in [9.17, 15) is 18.0 Å². The molecule has 14 heavy (non-hydrogen) atoms. The molecule has 0 aromatic heterocycles. The fourth-order valence-corrected chi connectivity index (χ4v) is 1.02. The molecule has 0 fully saturated rings. The van der Waals surface area contributed by atoms with Crippen LogP contribution in [0, 0.1) is 0 Å². The zero-order chi connectivity index (χ0) is 11.0. The van der Waals surface area contributed by atoms with Gasteiger partial charge in [0.05, 0.1) is 0 Å². The zero-order valence-electron chi connectivity index (χ0n) is 7.73. The van der Waals surface area contributed by atoms with Crippen LogP contribution in [0.1, 0.15) is 38.5 Å². The second-order valence-corrected chi connectivity index (χ2v) is 3.06. The Morgan fingerprint density at radius 1 is 1.14 bits per heavy atom. The third kappa shape index (κ3) is 9.31. The van der Waals surface area contributed by atoms with E-state index in [1.807, 2.05) is 0 Å². The SMILES string of the molecule is O=C(CCCCCCC(F)(F)F)NO. The molecule has 1 amide bonds. The van der Waals surface area contributed by atoms with E-state index in [1.165, 1.54) is 5.48 Å². The van der Waals surface area contributed by atoms with Crippen LogP contribution in [-0.2, 0) is 4.79 Å². The topological polar surface area (TPSA) is 49.3 Å². The predicted octanol–water partition coefficient (Wildman–Crippen LogP) is 2.39. The summed E-state index contributed by atoms with van der Waals surface area (Å²) in [5, 5.41) is 8.10. The maximum atomic E-state index is 11.7. The molecule has 6 heteroatoms. The average molecular weight is 213 g/mol. The Balaban J connectivity index is 3.18. The van der Waals surface area contributed by atoms with Crippen molar-refractivity contribution in [1.82, 2.24) is 5.48 Å². The van der Waals surface area contributed by atoms with Gasteiger partial charge in [-0.25, -0.2) is 5.48 Å². The van der Waals surface area contributed by atoms with Crippen LogP contribution in [0.4, 0.5) is 13.2 Å². The summed E-state index contributed by atoms with van der Waals surface area (Å²) in [7, 11) is 0. The molecular weight excluding hydrogens is 199 g/mol. The Morgan fingerprint density at radius 2 is 1.71 bits per heavy atom. The smallest absolute Gasteiger partial charge is 0.289 e. The lowest BCUT2D eigenvalue weighted by Gasteiger charge is -2.05. The van der Waals surface area contributed by atoms with Gasteiger partial charge in [-0.05, 0) is 12.8 Å². The molecule has 2 N–H and O–H groups in total. The lowest BCUT2D eigenvalue weighted by Crippen LogP contribution is -2.17. The van der Waals surface area contributed by atoms with Gasteiger partial charge in [0.1, 0.15) is 0 Å². The summed E-state index contributed by atoms with van der Waals surface area (Å²) in [6.07, 6.45) is -3.06. The van der Waals surface area contributed by atoms with Gasteiger partial charge in [0, 0.05) is 12.8 Å². The largest absolute Gasteiger partial charge is 0.389 e. The number of unbranched alkanes of at least 4 members (excludes halogenated alkanes) is 3. The number of hydrogen-bond acceptors (Lipinski definition) is 2. The van der Waals surface area contributed by atoms with Crippen LogP contribution in [0.3, 0.4) is 0 Å². The van der Waals surface area contributed by atoms with Crippen LogP contribution in [0.5, 0.6) is 0 Å². The minimum atomic E-state index is -4.08. The highest BCUT2D eigenvalue weighted by atomic mass is 19.4. The summed E-state index contributed by atoms with van der Waals surface area (Å²) < 4.78 is 35.0. The first-order chi connectivity index (χ1) is 6.45. The van der Waals surface area contributed by atoms with E-state index in [1.54, 1.807) is 0 Å². The highest BCUT2D eigenvalue weighted by Gasteiger charge is 2.25. The fraction of sp³-hybridized carbons (Fsp3) is 0.875. The van der Waals surface area contributed by atoms with E-state index in [4.69, 9.17) is 5.21 Å². The number of hydroxylamine groups is 1. The molecule has 0 aromatic carbocycles. The van der Waals surface area contributed by atoms with Gasteiger partial charge in [-0.15, -0.1) is 0 Å². The van der Waals surface area contributed by atoms with Crippen LogP contribution >= 0.6 is 0 Å². The third-order valence-corrected chi connectivity index (χ3v) is 1.74. The summed E-state index contributed by atoms with van der Waals surface area (Å²) >= 11 is 0. The summed E-state index contributed by atoms with van der Waals surface area (Å²) in [6, 6.07) is 0. The Kier molecular flexibility index (Phi) is 6.27. The van der Waals surface area contributed by atoms with Crippen molar-refractivity contribution >= 4 is 5.91 Å². The number of hydrogen-bond donors (Lipinski definition) is 2. The number of rotatable bonds is 6. The van der Waals surface area contributed by atoms with E-state index in [-0.39, 0.29) is 12.8 Å². The monoisotopic (exact) mass is 213 g/mol. The molecule has 0 unspecified atom stereocenters. The molecule has 0 atom stereocenters. The van der Waals surface area contributed by atoms with Gasteiger partial charge < -0.3 is 0 Å². The molecule has 0 rings (SSSR count). The van der Waals surface area contributed by atoms with E-state index in [0.29, 0.717) is 19.3 Å². The van der Waals surface area contributed by atoms with Crippen molar-refractivity contribution in [2.24, 2.45) is 0 Å². The standard InChI is InChI=1S/C8H14F3NO2/c9-8(10,11)6-4-2-1-3-5-7(13)12-14/h14H,1-6H2,(H,12,13). The predicted molar refractivity (Wildman–Crippen MR) is 43.7 cm³/mol. The summed E-state index contributed by atoms with van der Waals surface area (Å²) in [5.41, 5.74) is 1.46. The van der Waals surface area contributed by atoms with Crippen molar-refractivity contribution in [3.63, 3.8) is 0 Å². The molecule has 0 aliphatic rings. The molecule has 0 heterocycles. The molecule has 0 aliphatic carbocycles. The molecule has 0 aromatic rings. The van der Waals surface area contributed by atoms with Gasteiger partial charge in [0.15, 0.2) is 0 Å². The number of nitrogens with one attached hydrogen (secondary N) is 1. The van der Waals surface area contributed by atoms with Gasteiger partial charge in [-0.3, -0.25) is 10.0 Å². The second kappa shape index (κ2) is 6.64.